The van der Waals surface area contributed by atoms with E-state index in [2.05, 4.69) is 11.1 Å². The summed E-state index contributed by atoms with van der Waals surface area (Å²) in [6, 6.07) is 4.22. The molecule has 1 saturated carbocycles. The average molecular weight is 217 g/mol. The fourth-order valence-electron chi connectivity index (χ4n) is 2.78. The predicted molar refractivity (Wildman–Crippen MR) is 68.4 cm³/mol. The van der Waals surface area contributed by atoms with Gasteiger partial charge in [-0.05, 0) is 30.4 Å². The number of unbranched alkanes of at least 4 members (excludes halogenated alkanes) is 2. The highest BCUT2D eigenvalue weighted by molar-refractivity contribution is 5.08. The van der Waals surface area contributed by atoms with Crippen LogP contribution >= 0.6 is 0 Å². The van der Waals surface area contributed by atoms with Gasteiger partial charge in [0, 0.05) is 12.4 Å². The summed E-state index contributed by atoms with van der Waals surface area (Å²) in [4.78, 5) is 4.15. The second-order valence-corrected chi connectivity index (χ2v) is 5.11. The minimum Gasteiger partial charge on any atom is -0.264 e. The van der Waals surface area contributed by atoms with Gasteiger partial charge in [0.2, 0.25) is 0 Å². The van der Waals surface area contributed by atoms with E-state index in [1.807, 2.05) is 18.5 Å². The molecule has 2 rings (SSSR count). The molecule has 0 N–H and O–H groups in total. The van der Waals surface area contributed by atoms with Gasteiger partial charge in [0.05, 0.1) is 0 Å². The van der Waals surface area contributed by atoms with E-state index in [1.165, 1.54) is 63.4 Å². The lowest BCUT2D eigenvalue weighted by atomic mass is 9.99. The summed E-state index contributed by atoms with van der Waals surface area (Å²) in [6.07, 6.45) is 16.7. The molecule has 1 heterocycles. The summed E-state index contributed by atoms with van der Waals surface area (Å²) in [5.74, 6) is 1.07. The largest absolute Gasteiger partial charge is 0.264 e. The Morgan fingerprint density at radius 1 is 1.12 bits per heavy atom. The van der Waals surface area contributed by atoms with Gasteiger partial charge < -0.3 is 0 Å². The molecule has 0 saturated heterocycles. The molecule has 0 unspecified atom stereocenters. The molecular weight excluding hydrogens is 194 g/mol. The first-order valence-corrected chi connectivity index (χ1v) is 6.84. The summed E-state index contributed by atoms with van der Waals surface area (Å²) in [6.45, 7) is 0. The van der Waals surface area contributed by atoms with Crippen LogP contribution in [0.15, 0.2) is 24.5 Å². The Kier molecular flexibility index (Phi) is 4.85. The number of nitrogens with zero attached hydrogens (tertiary/aromatic N) is 1. The molecular formula is C15H23N. The van der Waals surface area contributed by atoms with Gasteiger partial charge in [-0.3, -0.25) is 4.98 Å². The van der Waals surface area contributed by atoms with Crippen LogP contribution < -0.4 is 0 Å². The standard InChI is InChI=1S/C15H23N/c1(2-7-14-8-4-5-9-14)3-10-15-11-6-12-16-13-15/h6,11-14H,1-5,7-10H2. The lowest BCUT2D eigenvalue weighted by Crippen LogP contribution is -1.93. The molecule has 0 amide bonds. The molecule has 0 radical (unpaired) electrons. The van der Waals surface area contributed by atoms with Gasteiger partial charge in [0.1, 0.15) is 0 Å². The number of hydrogen-bond donors (Lipinski definition) is 0. The topological polar surface area (TPSA) is 12.9 Å². The molecule has 0 aromatic carbocycles. The van der Waals surface area contributed by atoms with Crippen LogP contribution in [0, 0.1) is 5.92 Å². The quantitative estimate of drug-likeness (QED) is 0.645. The van der Waals surface area contributed by atoms with Gasteiger partial charge in [-0.15, -0.1) is 0 Å². The summed E-state index contributed by atoms with van der Waals surface area (Å²) in [7, 11) is 0. The number of rotatable bonds is 6. The highest BCUT2D eigenvalue weighted by Gasteiger charge is 2.13. The Hall–Kier alpha value is -0.850. The number of aromatic nitrogens is 1. The maximum absolute atomic E-state index is 4.15. The molecule has 1 aromatic rings. The van der Waals surface area contributed by atoms with Gasteiger partial charge in [-0.1, -0.05) is 51.0 Å². The van der Waals surface area contributed by atoms with Crippen LogP contribution in [0.1, 0.15) is 56.9 Å². The molecule has 0 bridgehead atoms. The van der Waals surface area contributed by atoms with Crippen LogP contribution in [0.3, 0.4) is 0 Å². The molecule has 1 aromatic heterocycles. The minimum atomic E-state index is 1.07. The number of hydrogen-bond acceptors (Lipinski definition) is 1. The van der Waals surface area contributed by atoms with E-state index in [0.29, 0.717) is 0 Å². The molecule has 1 fully saturated rings. The minimum absolute atomic E-state index is 1.07. The molecule has 0 atom stereocenters. The molecule has 0 spiro atoms. The van der Waals surface area contributed by atoms with E-state index < -0.39 is 0 Å². The summed E-state index contributed by atoms with van der Waals surface area (Å²) in [5.41, 5.74) is 1.39. The van der Waals surface area contributed by atoms with Crippen molar-refractivity contribution in [2.75, 3.05) is 0 Å². The van der Waals surface area contributed by atoms with Crippen LogP contribution in [0.2, 0.25) is 0 Å². The first-order valence-electron chi connectivity index (χ1n) is 6.84. The van der Waals surface area contributed by atoms with Crippen molar-refractivity contribution in [3.8, 4) is 0 Å². The molecule has 1 aliphatic rings. The van der Waals surface area contributed by atoms with Crippen LogP contribution in [0.4, 0.5) is 0 Å². The van der Waals surface area contributed by atoms with Crippen molar-refractivity contribution in [3.63, 3.8) is 0 Å². The zero-order valence-corrected chi connectivity index (χ0v) is 10.2. The van der Waals surface area contributed by atoms with E-state index in [9.17, 15) is 0 Å². The van der Waals surface area contributed by atoms with Gasteiger partial charge in [0.15, 0.2) is 0 Å². The third kappa shape index (κ3) is 3.96. The van der Waals surface area contributed by atoms with Crippen LogP contribution in [-0.2, 0) is 6.42 Å². The molecule has 88 valence electrons. The Morgan fingerprint density at radius 2 is 2.00 bits per heavy atom. The van der Waals surface area contributed by atoms with Crippen molar-refractivity contribution in [1.82, 2.24) is 4.98 Å². The SMILES string of the molecule is c1cncc(CCCCCC2CCCC2)c1. The lowest BCUT2D eigenvalue weighted by molar-refractivity contribution is 0.468. The Balaban J connectivity index is 1.52. The van der Waals surface area contributed by atoms with Gasteiger partial charge in [-0.25, -0.2) is 0 Å². The fraction of sp³-hybridized carbons (Fsp3) is 0.667. The molecule has 1 aliphatic carbocycles. The Labute approximate surface area is 99.3 Å². The summed E-state index contributed by atoms with van der Waals surface area (Å²) < 4.78 is 0. The van der Waals surface area contributed by atoms with E-state index in [-0.39, 0.29) is 0 Å². The van der Waals surface area contributed by atoms with Crippen LogP contribution in [-0.4, -0.2) is 4.98 Å². The normalized spacial score (nSPS) is 16.8. The number of pyridine rings is 1. The second kappa shape index (κ2) is 6.67. The first kappa shape index (κ1) is 11.6. The van der Waals surface area contributed by atoms with Crippen molar-refractivity contribution in [2.45, 2.75) is 57.8 Å². The maximum Gasteiger partial charge on any atom is 0.0299 e. The fourth-order valence-corrected chi connectivity index (χ4v) is 2.78. The molecule has 0 aliphatic heterocycles. The highest BCUT2D eigenvalue weighted by Crippen LogP contribution is 2.29. The van der Waals surface area contributed by atoms with Crippen molar-refractivity contribution in [3.05, 3.63) is 30.1 Å². The molecule has 1 nitrogen and oxygen atoms in total. The van der Waals surface area contributed by atoms with Crippen LogP contribution in [0.5, 0.6) is 0 Å². The van der Waals surface area contributed by atoms with E-state index in [1.54, 1.807) is 0 Å². The zero-order chi connectivity index (χ0) is 11.1. The van der Waals surface area contributed by atoms with Gasteiger partial charge in [-0.2, -0.15) is 0 Å². The van der Waals surface area contributed by atoms with Gasteiger partial charge in [0.25, 0.3) is 0 Å². The van der Waals surface area contributed by atoms with E-state index in [4.69, 9.17) is 0 Å². The first-order chi connectivity index (χ1) is 7.95. The van der Waals surface area contributed by atoms with Gasteiger partial charge >= 0.3 is 0 Å². The summed E-state index contributed by atoms with van der Waals surface area (Å²) >= 11 is 0. The van der Waals surface area contributed by atoms with Crippen molar-refractivity contribution >= 4 is 0 Å². The Bertz CT molecular complexity index is 275. The predicted octanol–water partition coefficient (Wildman–Crippen LogP) is 4.37. The van der Waals surface area contributed by atoms with Crippen LogP contribution in [0.25, 0.3) is 0 Å². The van der Waals surface area contributed by atoms with Crippen molar-refractivity contribution in [1.29, 1.82) is 0 Å². The lowest BCUT2D eigenvalue weighted by Gasteiger charge is -2.07. The summed E-state index contributed by atoms with van der Waals surface area (Å²) in [5, 5.41) is 0. The molecule has 1 heteroatoms. The van der Waals surface area contributed by atoms with Crippen molar-refractivity contribution in [2.24, 2.45) is 5.92 Å². The third-order valence-corrected chi connectivity index (χ3v) is 3.78. The zero-order valence-electron chi connectivity index (χ0n) is 10.2. The monoisotopic (exact) mass is 217 g/mol. The third-order valence-electron chi connectivity index (χ3n) is 3.78. The molecule has 16 heavy (non-hydrogen) atoms. The van der Waals surface area contributed by atoms with E-state index in [0.717, 1.165) is 5.92 Å². The second-order valence-electron chi connectivity index (χ2n) is 5.11. The smallest absolute Gasteiger partial charge is 0.0299 e. The Morgan fingerprint density at radius 3 is 2.75 bits per heavy atom. The highest BCUT2D eigenvalue weighted by atomic mass is 14.6. The average Bonchev–Trinajstić information content (AvgIpc) is 2.83. The number of aryl methyl sites for hydroxylation is 1. The van der Waals surface area contributed by atoms with E-state index >= 15 is 0 Å². The van der Waals surface area contributed by atoms with Crippen molar-refractivity contribution < 1.29 is 0 Å². The maximum atomic E-state index is 4.15.